The summed E-state index contributed by atoms with van der Waals surface area (Å²) in [7, 11) is 0. The minimum Gasteiger partial charge on any atom is -0.445 e. The maximum Gasteiger partial charge on any atom is 0.407 e. The van der Waals surface area contributed by atoms with Crippen LogP contribution in [0.1, 0.15) is 24.8 Å². The highest BCUT2D eigenvalue weighted by Gasteiger charge is 2.05. The summed E-state index contributed by atoms with van der Waals surface area (Å²) in [6.07, 6.45) is 1.63. The van der Waals surface area contributed by atoms with Gasteiger partial charge in [-0.3, -0.25) is 0 Å². The highest BCUT2D eigenvalue weighted by Crippen LogP contribution is 2.04. The number of carbonyl (C=O) groups excluding carboxylic acids is 1. The Morgan fingerprint density at radius 1 is 1.38 bits per heavy atom. The highest BCUT2D eigenvalue weighted by atomic mass is 16.5. The van der Waals surface area contributed by atoms with E-state index in [2.05, 4.69) is 15.3 Å². The molecule has 0 spiro atoms. The summed E-state index contributed by atoms with van der Waals surface area (Å²) in [5, 5.41) is 15.0. The first-order valence-electron chi connectivity index (χ1n) is 6.86. The van der Waals surface area contributed by atoms with E-state index in [1.165, 1.54) is 0 Å². The van der Waals surface area contributed by atoms with Gasteiger partial charge in [0.1, 0.15) is 6.61 Å². The van der Waals surface area contributed by atoms with E-state index >= 15 is 0 Å². The van der Waals surface area contributed by atoms with Crippen molar-refractivity contribution in [3.8, 4) is 0 Å². The van der Waals surface area contributed by atoms with Gasteiger partial charge in [0, 0.05) is 11.5 Å². The maximum absolute atomic E-state index is 11.4. The van der Waals surface area contributed by atoms with E-state index in [9.17, 15) is 4.79 Å². The fraction of sp³-hybridized carbons (Fsp3) is 0.500. The minimum atomic E-state index is -0.451. The molecule has 0 saturated heterocycles. The van der Waals surface area contributed by atoms with Crippen LogP contribution in [-0.4, -0.2) is 30.4 Å². The molecule has 0 saturated carbocycles. The Bertz CT molecular complexity index is 461. The third-order valence-electron chi connectivity index (χ3n) is 2.87. The Kier molecular flexibility index (Phi) is 8.44. The molecule has 0 aliphatic heterocycles. The van der Waals surface area contributed by atoms with Crippen LogP contribution in [0.15, 0.2) is 35.4 Å². The molecular formula is C14H20N4O3. The molecule has 0 bridgehead atoms. The van der Waals surface area contributed by atoms with Gasteiger partial charge in [-0.25, -0.2) is 4.79 Å². The molecule has 1 aromatic carbocycles. The number of amides is 1. The average Bonchev–Trinajstić information content (AvgIpc) is 2.52. The van der Waals surface area contributed by atoms with Gasteiger partial charge >= 0.3 is 6.09 Å². The molecule has 21 heavy (non-hydrogen) atoms. The summed E-state index contributed by atoms with van der Waals surface area (Å²) < 4.78 is 5.06. The first kappa shape index (κ1) is 16.8. The van der Waals surface area contributed by atoms with Gasteiger partial charge in [0.25, 0.3) is 0 Å². The van der Waals surface area contributed by atoms with Crippen LogP contribution in [0.5, 0.6) is 0 Å². The molecule has 1 aromatic rings. The molecule has 0 unspecified atom stereocenters. The molecule has 7 heteroatoms. The van der Waals surface area contributed by atoms with Gasteiger partial charge < -0.3 is 15.2 Å². The molecule has 7 nitrogen and oxygen atoms in total. The Labute approximate surface area is 123 Å². The van der Waals surface area contributed by atoms with Crippen LogP contribution in [0.3, 0.4) is 0 Å². The second-order valence-electron chi connectivity index (χ2n) is 4.53. The van der Waals surface area contributed by atoms with E-state index in [-0.39, 0.29) is 19.3 Å². The van der Waals surface area contributed by atoms with E-state index in [4.69, 9.17) is 15.4 Å². The normalized spacial score (nSPS) is 11.3. The number of alkyl carbamates (subject to hydrolysis) is 1. The van der Waals surface area contributed by atoms with Crippen LogP contribution in [-0.2, 0) is 11.3 Å². The first-order valence-corrected chi connectivity index (χ1v) is 6.86. The number of hydrogen-bond acceptors (Lipinski definition) is 4. The van der Waals surface area contributed by atoms with Crippen LogP contribution >= 0.6 is 0 Å². The lowest BCUT2D eigenvalue weighted by Gasteiger charge is -2.08. The third kappa shape index (κ3) is 7.81. The molecule has 1 rings (SSSR count). The predicted octanol–water partition coefficient (Wildman–Crippen LogP) is 2.75. The summed E-state index contributed by atoms with van der Waals surface area (Å²) >= 11 is 0. The largest absolute Gasteiger partial charge is 0.445 e. The molecule has 0 heterocycles. The molecule has 0 aliphatic carbocycles. The average molecular weight is 292 g/mol. The monoisotopic (exact) mass is 292 g/mol. The van der Waals surface area contributed by atoms with Crippen LogP contribution in [0, 0.1) is 0 Å². The van der Waals surface area contributed by atoms with E-state index in [1.54, 1.807) is 0 Å². The van der Waals surface area contributed by atoms with Crippen molar-refractivity contribution in [3.63, 3.8) is 0 Å². The number of unbranched alkanes of at least 4 members (excludes halogenated alkanes) is 1. The molecule has 0 aliphatic rings. The second-order valence-corrected chi connectivity index (χ2v) is 4.53. The minimum absolute atomic E-state index is 0.156. The number of aliphatic hydroxyl groups excluding tert-OH is 1. The molecule has 1 amide bonds. The molecule has 0 fully saturated rings. The zero-order chi connectivity index (χ0) is 15.3. The maximum atomic E-state index is 11.4. The molecule has 0 radical (unpaired) electrons. The summed E-state index contributed by atoms with van der Waals surface area (Å²) in [6, 6.07) is 9.06. The number of ether oxygens (including phenoxy) is 1. The van der Waals surface area contributed by atoms with Gasteiger partial charge in [0.15, 0.2) is 0 Å². The standard InChI is InChI=1S/C14H20N4O3/c15-18-17-13(10-19)8-4-5-9-16-14(20)21-11-12-6-2-1-3-7-12/h1-3,6-7,13,19H,4-5,8-11H2,(H,16,20)/t13-/m0/s1. The topological polar surface area (TPSA) is 107 Å². The number of rotatable bonds is 9. The van der Waals surface area contributed by atoms with Crippen molar-refractivity contribution < 1.29 is 14.6 Å². The Morgan fingerprint density at radius 2 is 2.14 bits per heavy atom. The van der Waals surface area contributed by atoms with Crippen molar-refractivity contribution in [1.82, 2.24) is 5.32 Å². The molecule has 0 aromatic heterocycles. The third-order valence-corrected chi connectivity index (χ3v) is 2.87. The summed E-state index contributed by atoms with van der Waals surface area (Å²) in [5.41, 5.74) is 9.21. The SMILES string of the molecule is [N-]=[N+]=N[C@H](CO)CCCCNC(=O)OCc1ccccc1. The van der Waals surface area contributed by atoms with Gasteiger partial charge in [-0.1, -0.05) is 41.9 Å². The van der Waals surface area contributed by atoms with Crippen LogP contribution < -0.4 is 5.32 Å². The first-order chi connectivity index (χ1) is 10.3. The molecule has 2 N–H and O–H groups in total. The van der Waals surface area contributed by atoms with Gasteiger partial charge in [0.2, 0.25) is 0 Å². The van der Waals surface area contributed by atoms with Crippen LogP contribution in [0.2, 0.25) is 0 Å². The molecular weight excluding hydrogens is 272 g/mol. The van der Waals surface area contributed by atoms with E-state index in [1.807, 2.05) is 30.3 Å². The fourth-order valence-electron chi connectivity index (χ4n) is 1.73. The van der Waals surface area contributed by atoms with Crippen LogP contribution in [0.25, 0.3) is 10.4 Å². The predicted molar refractivity (Wildman–Crippen MR) is 78.5 cm³/mol. The summed E-state index contributed by atoms with van der Waals surface area (Å²) in [5.74, 6) is 0. The zero-order valence-corrected chi connectivity index (χ0v) is 11.8. The lowest BCUT2D eigenvalue weighted by Crippen LogP contribution is -2.25. The van der Waals surface area contributed by atoms with Crippen molar-refractivity contribution in [3.05, 3.63) is 46.3 Å². The molecule has 114 valence electrons. The summed E-state index contributed by atoms with van der Waals surface area (Å²) in [6.45, 7) is 0.578. The fourth-order valence-corrected chi connectivity index (χ4v) is 1.73. The van der Waals surface area contributed by atoms with Crippen molar-refractivity contribution in [2.45, 2.75) is 31.9 Å². The summed E-state index contributed by atoms with van der Waals surface area (Å²) in [4.78, 5) is 14.1. The quantitative estimate of drug-likeness (QED) is 0.316. The van der Waals surface area contributed by atoms with Crippen molar-refractivity contribution in [2.75, 3.05) is 13.2 Å². The van der Waals surface area contributed by atoms with Gasteiger partial charge in [-0.05, 0) is 23.9 Å². The van der Waals surface area contributed by atoms with Gasteiger partial charge in [-0.2, -0.15) is 0 Å². The zero-order valence-electron chi connectivity index (χ0n) is 11.8. The van der Waals surface area contributed by atoms with E-state index in [0.29, 0.717) is 13.0 Å². The smallest absolute Gasteiger partial charge is 0.407 e. The number of hydrogen-bond donors (Lipinski definition) is 2. The number of carbonyl (C=O) groups is 1. The van der Waals surface area contributed by atoms with Crippen molar-refractivity contribution >= 4 is 6.09 Å². The van der Waals surface area contributed by atoms with Crippen molar-refractivity contribution in [1.29, 1.82) is 0 Å². The van der Waals surface area contributed by atoms with Gasteiger partial charge in [0.05, 0.1) is 12.6 Å². The number of aliphatic hydroxyl groups is 1. The van der Waals surface area contributed by atoms with Crippen LogP contribution in [0.4, 0.5) is 4.79 Å². The number of nitrogens with one attached hydrogen (secondary N) is 1. The highest BCUT2D eigenvalue weighted by molar-refractivity contribution is 5.67. The number of benzene rings is 1. The lowest BCUT2D eigenvalue weighted by atomic mass is 10.1. The molecule has 1 atom stereocenters. The second kappa shape index (κ2) is 10.5. The lowest BCUT2D eigenvalue weighted by molar-refractivity contribution is 0.139. The van der Waals surface area contributed by atoms with E-state index < -0.39 is 6.09 Å². The Morgan fingerprint density at radius 3 is 2.81 bits per heavy atom. The number of azide groups is 1. The number of nitrogens with zero attached hydrogens (tertiary/aromatic N) is 3. The Hall–Kier alpha value is -2.24. The van der Waals surface area contributed by atoms with Gasteiger partial charge in [-0.15, -0.1) is 0 Å². The van der Waals surface area contributed by atoms with Crippen molar-refractivity contribution in [2.24, 2.45) is 5.11 Å². The van der Waals surface area contributed by atoms with E-state index in [0.717, 1.165) is 18.4 Å². The Balaban J connectivity index is 2.07.